The van der Waals surface area contributed by atoms with Gasteiger partial charge < -0.3 is 17.2 Å². The average Bonchev–Trinajstić information content (AvgIpc) is 3.22. The highest BCUT2D eigenvalue weighted by molar-refractivity contribution is 6.32. The zero-order valence-corrected chi connectivity index (χ0v) is 31.7. The molecule has 4 aromatic heterocycles. The van der Waals surface area contributed by atoms with Crippen LogP contribution in [-0.2, 0) is 0 Å². The van der Waals surface area contributed by atoms with Crippen molar-refractivity contribution in [3.8, 4) is 39.3 Å². The van der Waals surface area contributed by atoms with Crippen molar-refractivity contribution < 1.29 is 0 Å². The van der Waals surface area contributed by atoms with Gasteiger partial charge in [-0.3, -0.25) is 18.7 Å². The fraction of sp³-hybridized carbons (Fsp3) is 0.0465. The minimum absolute atomic E-state index is 0.0406. The quantitative estimate of drug-likeness (QED) is 0.175. The summed E-state index contributed by atoms with van der Waals surface area (Å²) in [6, 6.07) is 40.5. The minimum Gasteiger partial charge on any atom is -0.383 e. The van der Waals surface area contributed by atoms with Gasteiger partial charge in [-0.05, 0) is 78.6 Å². The zero-order valence-electron chi connectivity index (χ0n) is 30.9. The number of halogens is 1. The van der Waals surface area contributed by atoms with Gasteiger partial charge >= 0.3 is 17.1 Å². The van der Waals surface area contributed by atoms with Crippen LogP contribution in [-0.4, -0.2) is 33.6 Å². The van der Waals surface area contributed by atoms with Crippen LogP contribution in [0, 0.1) is 13.8 Å². The fourth-order valence-corrected chi connectivity index (χ4v) is 5.72. The second-order valence-electron chi connectivity index (χ2n) is 12.6. The number of rotatable bonds is 5. The Hall–Kier alpha value is -7.64. The minimum atomic E-state index is -0.454. The van der Waals surface area contributed by atoms with Crippen LogP contribution in [0.4, 0.5) is 17.5 Å². The summed E-state index contributed by atoms with van der Waals surface area (Å²) in [5, 5.41) is 0.252. The molecule has 0 saturated heterocycles. The lowest BCUT2D eigenvalue weighted by atomic mass is 10.1. The number of nitrogen functional groups attached to an aromatic ring is 3. The van der Waals surface area contributed by atoms with Crippen molar-refractivity contribution in [3.63, 3.8) is 0 Å². The molecule has 8 aromatic rings. The number of pyridine rings is 1. The molecule has 284 valence electrons. The molecule has 0 amide bonds. The molecule has 0 spiro atoms. The van der Waals surface area contributed by atoms with Gasteiger partial charge in [0, 0.05) is 36.0 Å². The molecule has 0 atom stereocenters. The molecule has 6 N–H and O–H groups in total. The van der Waals surface area contributed by atoms with E-state index in [0.29, 0.717) is 5.69 Å². The standard InChI is InChI=1S/C16H12ClN3O.C16H13N3O.C11H12N4O/c17-14-10-20(16(21)19-15(14)18)13-8-6-12(7-9-13)11-4-2-1-3-5-11;17-15-9-10-19(16(20)18-15)14-8-4-7-13(11-14)12-5-2-1-3-6-12;1-7-6-15(11(16)14-10(7)12)9-3-4-13-8(2)5-9/h1-10H,(H2,18,19,21);1-11H,(H2,17,18,20);3-6H,1-2H3,(H2,12,14,16). The third-order valence-corrected chi connectivity index (χ3v) is 8.82. The number of nitrogens with two attached hydrogens (primary N) is 3. The molecule has 0 aliphatic heterocycles. The van der Waals surface area contributed by atoms with E-state index in [0.717, 1.165) is 44.9 Å². The smallest absolute Gasteiger partial charge is 0.354 e. The summed E-state index contributed by atoms with van der Waals surface area (Å²) < 4.78 is 4.30. The lowest BCUT2D eigenvalue weighted by Crippen LogP contribution is -2.23. The van der Waals surface area contributed by atoms with Crippen LogP contribution in [0.25, 0.3) is 39.3 Å². The molecule has 4 heterocycles. The van der Waals surface area contributed by atoms with E-state index in [1.54, 1.807) is 30.7 Å². The molecule has 8 rings (SSSR count). The van der Waals surface area contributed by atoms with Crippen molar-refractivity contribution in [2.45, 2.75) is 13.8 Å². The van der Waals surface area contributed by atoms with Crippen molar-refractivity contribution in [1.82, 2.24) is 33.6 Å². The Morgan fingerprint density at radius 1 is 0.509 bits per heavy atom. The first-order valence-corrected chi connectivity index (χ1v) is 17.8. The predicted octanol–water partition coefficient (Wildman–Crippen LogP) is 6.44. The molecule has 13 nitrogen and oxygen atoms in total. The predicted molar refractivity (Wildman–Crippen MR) is 226 cm³/mol. The largest absolute Gasteiger partial charge is 0.383 e. The Balaban J connectivity index is 0.000000146. The maximum atomic E-state index is 11.9. The van der Waals surface area contributed by atoms with Gasteiger partial charge in [0.1, 0.15) is 17.5 Å². The van der Waals surface area contributed by atoms with E-state index in [4.69, 9.17) is 28.8 Å². The molecule has 14 heteroatoms. The topological polar surface area (TPSA) is 196 Å². The van der Waals surface area contributed by atoms with Crippen LogP contribution in [0.3, 0.4) is 0 Å². The molecule has 4 aromatic carbocycles. The first kappa shape index (κ1) is 39.1. The maximum Gasteiger partial charge on any atom is 0.354 e. The van der Waals surface area contributed by atoms with Crippen LogP contribution in [0.15, 0.2) is 167 Å². The van der Waals surface area contributed by atoms with Crippen molar-refractivity contribution in [3.05, 3.63) is 200 Å². The van der Waals surface area contributed by atoms with Crippen molar-refractivity contribution in [2.75, 3.05) is 17.2 Å². The highest BCUT2D eigenvalue weighted by atomic mass is 35.5. The van der Waals surface area contributed by atoms with E-state index < -0.39 is 5.69 Å². The Labute approximate surface area is 332 Å². The van der Waals surface area contributed by atoms with E-state index in [1.165, 1.54) is 19.9 Å². The van der Waals surface area contributed by atoms with Crippen molar-refractivity contribution in [2.24, 2.45) is 0 Å². The molecule has 0 radical (unpaired) electrons. The lowest BCUT2D eigenvalue weighted by molar-refractivity contribution is 0.901. The van der Waals surface area contributed by atoms with E-state index in [1.807, 2.05) is 129 Å². The number of nitrogens with zero attached hydrogens (tertiary/aromatic N) is 7. The number of anilines is 3. The van der Waals surface area contributed by atoms with Crippen LogP contribution < -0.4 is 34.3 Å². The van der Waals surface area contributed by atoms with Crippen molar-refractivity contribution in [1.29, 1.82) is 0 Å². The Morgan fingerprint density at radius 2 is 1.05 bits per heavy atom. The summed E-state index contributed by atoms with van der Waals surface area (Å²) >= 11 is 5.92. The molecular weight excluding hydrogens is 740 g/mol. The zero-order chi connectivity index (χ0) is 40.5. The Kier molecular flexibility index (Phi) is 12.1. The van der Waals surface area contributed by atoms with Crippen LogP contribution >= 0.6 is 11.6 Å². The van der Waals surface area contributed by atoms with Gasteiger partial charge in [0.15, 0.2) is 0 Å². The van der Waals surface area contributed by atoms with Crippen molar-refractivity contribution >= 4 is 29.1 Å². The molecule has 0 fully saturated rings. The second-order valence-corrected chi connectivity index (χ2v) is 13.0. The summed E-state index contributed by atoms with van der Waals surface area (Å²) in [4.78, 5) is 50.6. The summed E-state index contributed by atoms with van der Waals surface area (Å²) in [6.07, 6.45) is 6.45. The summed E-state index contributed by atoms with van der Waals surface area (Å²) in [7, 11) is 0. The molecule has 0 aliphatic carbocycles. The Bertz CT molecular complexity index is 2820. The van der Waals surface area contributed by atoms with Gasteiger partial charge in [-0.2, -0.15) is 15.0 Å². The third-order valence-electron chi connectivity index (χ3n) is 8.53. The van der Waals surface area contributed by atoms with Gasteiger partial charge in [0.2, 0.25) is 0 Å². The van der Waals surface area contributed by atoms with Crippen LogP contribution in [0.2, 0.25) is 5.02 Å². The normalized spacial score (nSPS) is 10.4. The van der Waals surface area contributed by atoms with Gasteiger partial charge in [-0.15, -0.1) is 0 Å². The maximum absolute atomic E-state index is 11.9. The van der Waals surface area contributed by atoms with Gasteiger partial charge in [-0.25, -0.2) is 14.4 Å². The van der Waals surface area contributed by atoms with E-state index in [2.05, 4.69) is 19.9 Å². The second kappa shape index (κ2) is 17.7. The highest BCUT2D eigenvalue weighted by Gasteiger charge is 2.08. The molecular formula is C43H37ClN10O3. The van der Waals surface area contributed by atoms with Crippen LogP contribution in [0.5, 0.6) is 0 Å². The lowest BCUT2D eigenvalue weighted by Gasteiger charge is -2.08. The number of hydrogen-bond acceptors (Lipinski definition) is 10. The monoisotopic (exact) mass is 776 g/mol. The molecule has 57 heavy (non-hydrogen) atoms. The fourth-order valence-electron chi connectivity index (χ4n) is 5.58. The number of hydrogen-bond donors (Lipinski definition) is 3. The average molecular weight is 777 g/mol. The molecule has 0 aliphatic rings. The number of aromatic nitrogens is 7. The number of aryl methyl sites for hydroxylation is 2. The summed E-state index contributed by atoms with van der Waals surface area (Å²) in [5.74, 6) is 0.538. The Morgan fingerprint density at radius 3 is 1.68 bits per heavy atom. The van der Waals surface area contributed by atoms with E-state index in [9.17, 15) is 14.4 Å². The van der Waals surface area contributed by atoms with E-state index >= 15 is 0 Å². The van der Waals surface area contributed by atoms with Crippen LogP contribution in [0.1, 0.15) is 11.3 Å². The first-order chi connectivity index (χ1) is 27.5. The summed E-state index contributed by atoms with van der Waals surface area (Å²) in [6.45, 7) is 3.68. The molecule has 0 unspecified atom stereocenters. The summed E-state index contributed by atoms with van der Waals surface area (Å²) in [5.41, 5.74) is 23.5. The highest BCUT2D eigenvalue weighted by Crippen LogP contribution is 2.23. The van der Waals surface area contributed by atoms with Gasteiger partial charge in [-0.1, -0.05) is 96.5 Å². The van der Waals surface area contributed by atoms with Gasteiger partial charge in [0.25, 0.3) is 0 Å². The first-order valence-electron chi connectivity index (χ1n) is 17.5. The molecule has 0 bridgehead atoms. The van der Waals surface area contributed by atoms with Gasteiger partial charge in [0.05, 0.1) is 22.1 Å². The molecule has 0 saturated carbocycles. The number of benzene rings is 4. The SMILES string of the molecule is Cc1cc(-n2cc(C)c(N)nc2=O)ccn1.Nc1ccn(-c2cccc(-c3ccccc3)c2)c(=O)n1.Nc1nc(=O)n(-c2ccc(-c3ccccc3)cc2)cc1Cl. The van der Waals surface area contributed by atoms with E-state index in [-0.39, 0.29) is 33.9 Å². The third kappa shape index (κ3) is 9.73.